The van der Waals surface area contributed by atoms with E-state index in [1.807, 2.05) is 0 Å². The summed E-state index contributed by atoms with van der Waals surface area (Å²) in [6.45, 7) is 3.76. The largest absolute Gasteiger partial charge is 1.00 e. The number of hydrogen-bond donors (Lipinski definition) is 1. The molecule has 0 saturated heterocycles. The molecule has 0 heterocycles. The predicted octanol–water partition coefficient (Wildman–Crippen LogP) is 3.72. The van der Waals surface area contributed by atoms with E-state index in [-0.39, 0.29) is 57.5 Å². The van der Waals surface area contributed by atoms with E-state index in [9.17, 15) is 18.1 Å². The van der Waals surface area contributed by atoms with Crippen LogP contribution in [0.4, 0.5) is 0 Å². The minimum atomic E-state index is -4.11. The van der Waals surface area contributed by atoms with E-state index in [0.717, 1.165) is 51.4 Å². The number of aliphatic hydroxyl groups is 1. The molecule has 0 fully saturated rings. The Morgan fingerprint density at radius 1 is 0.655 bits per heavy atom. The van der Waals surface area contributed by atoms with Crippen LogP contribution in [0.25, 0.3) is 0 Å². The first-order valence-corrected chi connectivity index (χ1v) is 13.5. The van der Waals surface area contributed by atoms with Crippen molar-refractivity contribution in [3.63, 3.8) is 0 Å². The zero-order valence-corrected chi connectivity index (χ0v) is 23.6. The monoisotopic (exact) mass is 458 g/mol. The summed E-state index contributed by atoms with van der Waals surface area (Å²) in [5.74, 6) is 0. The van der Waals surface area contributed by atoms with Gasteiger partial charge in [0.2, 0.25) is 0 Å². The molecule has 29 heavy (non-hydrogen) atoms. The van der Waals surface area contributed by atoms with Crippen molar-refractivity contribution in [3.8, 4) is 0 Å². The second-order valence-electron chi connectivity index (χ2n) is 8.63. The Kier molecular flexibility index (Phi) is 25.6. The van der Waals surface area contributed by atoms with E-state index in [2.05, 4.69) is 6.92 Å². The van der Waals surface area contributed by atoms with Gasteiger partial charge in [0.25, 0.3) is 0 Å². The Labute approximate surface area is 224 Å². The van der Waals surface area contributed by atoms with Crippen molar-refractivity contribution >= 4 is 10.1 Å². The molecule has 2 unspecified atom stereocenters. The average Bonchev–Trinajstić information content (AvgIpc) is 2.64. The molecule has 0 aliphatic heterocycles. The van der Waals surface area contributed by atoms with E-state index in [1.165, 1.54) is 71.1 Å². The Hall–Kier alpha value is 1.51. The summed E-state index contributed by atoms with van der Waals surface area (Å²) in [4.78, 5) is 0. The molecule has 170 valence electrons. The molecule has 0 spiro atoms. The molecular formula is C23H47KO4S. The van der Waals surface area contributed by atoms with E-state index < -0.39 is 15.4 Å². The third kappa shape index (κ3) is 24.0. The van der Waals surface area contributed by atoms with Gasteiger partial charge in [0.1, 0.15) is 0 Å². The van der Waals surface area contributed by atoms with Gasteiger partial charge in [-0.3, -0.25) is 0 Å². The van der Waals surface area contributed by atoms with E-state index in [4.69, 9.17) is 0 Å². The minimum Gasteiger partial charge on any atom is -0.748 e. The molecule has 0 amide bonds. The second-order valence-corrected chi connectivity index (χ2v) is 10.4. The van der Waals surface area contributed by atoms with Crippen LogP contribution in [0.15, 0.2) is 0 Å². The molecule has 0 aliphatic rings. The third-order valence-corrected chi connectivity index (χ3v) is 7.00. The van der Waals surface area contributed by atoms with Crippen LogP contribution >= 0.6 is 0 Å². The van der Waals surface area contributed by atoms with Gasteiger partial charge in [0.05, 0.1) is 16.2 Å². The summed E-state index contributed by atoms with van der Waals surface area (Å²) in [5, 5.41) is 9.31. The summed E-state index contributed by atoms with van der Waals surface area (Å²) in [6.07, 6.45) is 21.7. The summed E-state index contributed by atoms with van der Waals surface area (Å²) >= 11 is 0. The van der Waals surface area contributed by atoms with Gasteiger partial charge in [-0.15, -0.1) is 0 Å². The van der Waals surface area contributed by atoms with Gasteiger partial charge >= 0.3 is 51.4 Å². The first kappa shape index (κ1) is 32.7. The van der Waals surface area contributed by atoms with E-state index >= 15 is 0 Å². The fraction of sp³-hybridized carbons (Fsp3) is 1.00. The summed E-state index contributed by atoms with van der Waals surface area (Å²) in [5.41, 5.74) is 0. The van der Waals surface area contributed by atoms with Gasteiger partial charge in [-0.25, -0.2) is 8.42 Å². The van der Waals surface area contributed by atoms with Crippen LogP contribution in [0.5, 0.6) is 0 Å². The SMILES string of the molecule is CCCCCCCCCCCC(O)CCCCCCCCCC(C)S(=O)(=O)[O-].[K+]. The van der Waals surface area contributed by atoms with Crippen LogP contribution in [0.1, 0.15) is 136 Å². The van der Waals surface area contributed by atoms with Crippen LogP contribution in [0.3, 0.4) is 0 Å². The molecule has 0 saturated carbocycles. The van der Waals surface area contributed by atoms with Gasteiger partial charge in [-0.1, -0.05) is 110 Å². The Morgan fingerprint density at radius 2 is 0.966 bits per heavy atom. The maximum absolute atomic E-state index is 10.8. The molecule has 0 radical (unpaired) electrons. The number of hydrogen-bond acceptors (Lipinski definition) is 4. The zero-order chi connectivity index (χ0) is 21.1. The molecule has 0 aromatic carbocycles. The first-order chi connectivity index (χ1) is 13.4. The van der Waals surface area contributed by atoms with Gasteiger partial charge in [0, 0.05) is 5.25 Å². The van der Waals surface area contributed by atoms with Gasteiger partial charge in [0.15, 0.2) is 0 Å². The molecule has 4 nitrogen and oxygen atoms in total. The molecule has 2 atom stereocenters. The third-order valence-electron chi connectivity index (χ3n) is 5.78. The van der Waals surface area contributed by atoms with Crippen LogP contribution in [-0.4, -0.2) is 29.4 Å². The Morgan fingerprint density at radius 3 is 1.31 bits per heavy atom. The van der Waals surface area contributed by atoms with Crippen molar-refractivity contribution in [2.45, 2.75) is 147 Å². The van der Waals surface area contributed by atoms with Gasteiger partial charge < -0.3 is 9.66 Å². The van der Waals surface area contributed by atoms with Crippen molar-refractivity contribution in [1.82, 2.24) is 0 Å². The van der Waals surface area contributed by atoms with Crippen LogP contribution in [0.2, 0.25) is 0 Å². The summed E-state index contributed by atoms with van der Waals surface area (Å²) in [6, 6.07) is 0. The van der Waals surface area contributed by atoms with Crippen molar-refractivity contribution in [2.24, 2.45) is 0 Å². The molecular weight excluding hydrogens is 411 g/mol. The summed E-state index contributed by atoms with van der Waals surface area (Å²) in [7, 11) is -4.11. The molecule has 0 aromatic heterocycles. The second kappa shape index (κ2) is 22.7. The van der Waals surface area contributed by atoms with Gasteiger partial charge in [-0.2, -0.15) is 0 Å². The molecule has 0 aliphatic carbocycles. The fourth-order valence-corrected chi connectivity index (χ4v) is 4.13. The Balaban J connectivity index is 0. The maximum Gasteiger partial charge on any atom is 1.00 e. The number of rotatable bonds is 21. The molecule has 0 bridgehead atoms. The van der Waals surface area contributed by atoms with E-state index in [0.29, 0.717) is 6.42 Å². The summed E-state index contributed by atoms with van der Waals surface area (Å²) < 4.78 is 32.4. The van der Waals surface area contributed by atoms with Crippen LogP contribution < -0.4 is 51.4 Å². The van der Waals surface area contributed by atoms with Crippen molar-refractivity contribution in [1.29, 1.82) is 0 Å². The fourth-order valence-electron chi connectivity index (χ4n) is 3.67. The topological polar surface area (TPSA) is 77.4 Å². The minimum absolute atomic E-state index is 0. The molecule has 6 heteroatoms. The predicted molar refractivity (Wildman–Crippen MR) is 119 cm³/mol. The number of unbranched alkanes of at least 4 members (excludes halogenated alkanes) is 14. The quantitative estimate of drug-likeness (QED) is 0.162. The standard InChI is InChI=1S/C23H48O4S.K/c1-3-4-5-6-7-8-11-14-17-20-23(24)21-18-15-12-9-10-13-16-19-22(2)28(25,26)27;/h22-24H,3-21H2,1-2H3,(H,25,26,27);/q;+1/p-1. The number of aliphatic hydroxyl groups excluding tert-OH is 1. The van der Waals surface area contributed by atoms with Crippen molar-refractivity contribution in [2.75, 3.05) is 0 Å². The van der Waals surface area contributed by atoms with Crippen LogP contribution in [0, 0.1) is 0 Å². The van der Waals surface area contributed by atoms with Crippen molar-refractivity contribution < 1.29 is 69.5 Å². The first-order valence-electron chi connectivity index (χ1n) is 12.0. The van der Waals surface area contributed by atoms with Crippen molar-refractivity contribution in [3.05, 3.63) is 0 Å². The maximum atomic E-state index is 10.8. The average molecular weight is 459 g/mol. The molecule has 1 N–H and O–H groups in total. The molecule has 0 aromatic rings. The smallest absolute Gasteiger partial charge is 0.748 e. The van der Waals surface area contributed by atoms with Crippen LogP contribution in [-0.2, 0) is 10.1 Å². The van der Waals surface area contributed by atoms with E-state index in [1.54, 1.807) is 0 Å². The molecule has 0 rings (SSSR count). The Bertz CT molecular complexity index is 429. The van der Waals surface area contributed by atoms with Gasteiger partial charge in [-0.05, 0) is 26.2 Å². The normalized spacial score (nSPS) is 13.8. The zero-order valence-electron chi connectivity index (χ0n) is 19.7.